The topological polar surface area (TPSA) is 86.7 Å². The highest BCUT2D eigenvalue weighted by Gasteiger charge is 2.45. The van der Waals surface area contributed by atoms with Gasteiger partial charge in [0.15, 0.2) is 0 Å². The smallest absolute Gasteiger partial charge is 0.260 e. The monoisotopic (exact) mass is 442 g/mol. The van der Waals surface area contributed by atoms with Crippen LogP contribution in [0.3, 0.4) is 0 Å². The van der Waals surface area contributed by atoms with Gasteiger partial charge in [-0.05, 0) is 89.6 Å². The molecule has 4 atom stereocenters. The van der Waals surface area contributed by atoms with Gasteiger partial charge < -0.3 is 7.74 Å². The molecule has 2 saturated carbocycles. The van der Waals surface area contributed by atoms with E-state index in [-0.39, 0.29) is 11.8 Å². The second kappa shape index (κ2) is 7.59. The lowest BCUT2D eigenvalue weighted by Gasteiger charge is -2.41. The van der Waals surface area contributed by atoms with Gasteiger partial charge in [-0.25, -0.2) is 16.8 Å². The van der Waals surface area contributed by atoms with E-state index in [1.54, 1.807) is 0 Å². The first-order valence-corrected chi connectivity index (χ1v) is 19.2. The van der Waals surface area contributed by atoms with Crippen molar-refractivity contribution in [1.82, 2.24) is 0 Å². The molecule has 2 rings (SSSR count). The quantitative estimate of drug-likeness (QED) is 0.583. The minimum Gasteiger partial charge on any atom is -0.315 e. The molecule has 0 N–H and O–H groups in total. The molecule has 0 aromatic heterocycles. The van der Waals surface area contributed by atoms with Gasteiger partial charge in [-0.1, -0.05) is 0 Å². The van der Waals surface area contributed by atoms with Crippen LogP contribution in [0.2, 0.25) is 39.3 Å². The Morgan fingerprint density at radius 3 is 1.19 bits per heavy atom. The van der Waals surface area contributed by atoms with Crippen LogP contribution in [0.4, 0.5) is 0 Å². The molecule has 0 bridgehead atoms. The Morgan fingerprint density at radius 2 is 0.923 bits per heavy atom. The fraction of sp³-hybridized carbons (Fsp3) is 1.00. The normalized spacial score (nSPS) is 31.5. The molecule has 2 fully saturated rings. The van der Waals surface area contributed by atoms with E-state index in [1.165, 1.54) is 0 Å². The van der Waals surface area contributed by atoms with E-state index >= 15 is 0 Å². The van der Waals surface area contributed by atoms with E-state index < -0.39 is 47.4 Å². The molecule has 0 radical (unpaired) electrons. The molecule has 2 aliphatic rings. The zero-order chi connectivity index (χ0) is 20.0. The molecule has 0 amide bonds. The number of hydrogen-bond acceptors (Lipinski definition) is 6. The van der Waals surface area contributed by atoms with E-state index in [1.807, 2.05) is 39.3 Å². The van der Waals surface area contributed by atoms with Gasteiger partial charge in [0.25, 0.3) is 20.2 Å². The molecule has 4 unspecified atom stereocenters. The van der Waals surface area contributed by atoms with Crippen LogP contribution in [-0.2, 0) is 28.0 Å². The lowest BCUT2D eigenvalue weighted by atomic mass is 9.70. The Balaban J connectivity index is 2.02. The molecule has 0 aromatic carbocycles. The Morgan fingerprint density at radius 1 is 0.615 bits per heavy atom. The average Bonchev–Trinajstić information content (AvgIpc) is 2.41. The minimum absolute atomic E-state index is 0.270. The average molecular weight is 443 g/mol. The molecule has 0 heterocycles. The van der Waals surface area contributed by atoms with Gasteiger partial charge in [0, 0.05) is 0 Å². The Hall–Kier alpha value is 0.254. The predicted molar refractivity (Wildman–Crippen MR) is 109 cm³/mol. The SMILES string of the molecule is C[Si](C)(C)OS(=O)(=O)C1CCC2CC(S(=O)(=O)O[Si](C)(C)C)CCC2C1. The van der Waals surface area contributed by atoms with Gasteiger partial charge in [0.1, 0.15) is 0 Å². The summed E-state index contributed by atoms with van der Waals surface area (Å²) < 4.78 is 61.2. The maximum absolute atomic E-state index is 12.6. The first-order valence-electron chi connectivity index (χ1n) is 9.48. The van der Waals surface area contributed by atoms with Crippen LogP contribution in [0.25, 0.3) is 0 Å². The van der Waals surface area contributed by atoms with Crippen LogP contribution in [0.1, 0.15) is 38.5 Å². The highest BCUT2D eigenvalue weighted by Crippen LogP contribution is 2.44. The molecule has 0 spiro atoms. The van der Waals surface area contributed by atoms with Crippen LogP contribution >= 0.6 is 0 Å². The molecule has 10 heteroatoms. The van der Waals surface area contributed by atoms with Crippen LogP contribution in [0.15, 0.2) is 0 Å². The van der Waals surface area contributed by atoms with Crippen molar-refractivity contribution in [3.05, 3.63) is 0 Å². The van der Waals surface area contributed by atoms with E-state index in [0.29, 0.717) is 25.7 Å². The van der Waals surface area contributed by atoms with Crippen LogP contribution in [0, 0.1) is 11.8 Å². The summed E-state index contributed by atoms with van der Waals surface area (Å²) in [7, 11) is -11.4. The van der Waals surface area contributed by atoms with Crippen molar-refractivity contribution in [1.29, 1.82) is 0 Å². The highest BCUT2D eigenvalue weighted by molar-refractivity contribution is 7.88. The van der Waals surface area contributed by atoms with Gasteiger partial charge in [-0.2, -0.15) is 0 Å². The fourth-order valence-electron chi connectivity index (χ4n) is 4.16. The van der Waals surface area contributed by atoms with Gasteiger partial charge >= 0.3 is 0 Å². The van der Waals surface area contributed by atoms with Crippen molar-refractivity contribution in [3.63, 3.8) is 0 Å². The summed E-state index contributed by atoms with van der Waals surface area (Å²) in [4.78, 5) is 0. The molecule has 0 saturated heterocycles. The molecule has 26 heavy (non-hydrogen) atoms. The van der Waals surface area contributed by atoms with Crippen molar-refractivity contribution in [2.75, 3.05) is 0 Å². The third-order valence-corrected chi connectivity index (χ3v) is 13.4. The summed E-state index contributed by atoms with van der Waals surface area (Å²) in [6.45, 7) is 11.3. The van der Waals surface area contributed by atoms with Crippen molar-refractivity contribution in [3.8, 4) is 0 Å². The van der Waals surface area contributed by atoms with Crippen molar-refractivity contribution in [2.24, 2.45) is 11.8 Å². The summed E-state index contributed by atoms with van der Waals surface area (Å²) in [5.41, 5.74) is 0. The largest absolute Gasteiger partial charge is 0.315 e. The predicted octanol–water partition coefficient (Wildman–Crippen LogP) is 3.69. The van der Waals surface area contributed by atoms with Crippen molar-refractivity contribution in [2.45, 2.75) is 88.3 Å². The number of fused-ring (bicyclic) bond motifs is 1. The summed E-state index contributed by atoms with van der Waals surface area (Å²) in [5.74, 6) is 0.541. The van der Waals surface area contributed by atoms with Crippen LogP contribution in [-0.4, -0.2) is 44.0 Å². The van der Waals surface area contributed by atoms with Gasteiger partial charge in [0.2, 0.25) is 16.6 Å². The fourth-order valence-corrected chi connectivity index (χ4v) is 12.6. The van der Waals surface area contributed by atoms with E-state index in [2.05, 4.69) is 0 Å². The van der Waals surface area contributed by atoms with Crippen molar-refractivity contribution < 1.29 is 24.6 Å². The Labute approximate surface area is 161 Å². The maximum atomic E-state index is 12.6. The minimum atomic E-state index is -3.53. The standard InChI is InChI=1S/C16H34O6S2Si2/c1-25(2,3)21-23(17,18)15-9-7-14-12-16(10-8-13(14)11-15)24(19,20)22-26(4,5)6/h13-16H,7-12H2,1-6H3. The molecular weight excluding hydrogens is 408 g/mol. The maximum Gasteiger partial charge on any atom is 0.260 e. The summed E-state index contributed by atoms with van der Waals surface area (Å²) in [6, 6.07) is 0. The number of rotatable bonds is 6. The first-order chi connectivity index (χ1) is 11.6. The van der Waals surface area contributed by atoms with Crippen molar-refractivity contribution >= 4 is 36.9 Å². The zero-order valence-corrected chi connectivity index (χ0v) is 20.5. The molecular formula is C16H34O6S2Si2. The van der Waals surface area contributed by atoms with Gasteiger partial charge in [-0.15, -0.1) is 0 Å². The summed E-state index contributed by atoms with van der Waals surface area (Å²) >= 11 is 0. The van der Waals surface area contributed by atoms with Gasteiger partial charge in [0.05, 0.1) is 10.5 Å². The third kappa shape index (κ3) is 6.13. The highest BCUT2D eigenvalue weighted by atomic mass is 32.2. The molecule has 6 nitrogen and oxygen atoms in total. The molecule has 2 aliphatic carbocycles. The molecule has 154 valence electrons. The Bertz CT molecular complexity index is 644. The lowest BCUT2D eigenvalue weighted by Crippen LogP contribution is -2.43. The molecule has 0 aliphatic heterocycles. The van der Waals surface area contributed by atoms with E-state index in [4.69, 9.17) is 7.74 Å². The summed E-state index contributed by atoms with van der Waals surface area (Å²) in [5, 5.41) is -0.885. The zero-order valence-electron chi connectivity index (χ0n) is 16.8. The van der Waals surface area contributed by atoms with E-state index in [0.717, 1.165) is 12.8 Å². The summed E-state index contributed by atoms with van der Waals surface area (Å²) in [6.07, 6.45) is 3.83. The third-order valence-electron chi connectivity index (χ3n) is 5.07. The molecule has 0 aromatic rings. The lowest BCUT2D eigenvalue weighted by molar-refractivity contribution is 0.169. The van der Waals surface area contributed by atoms with Crippen LogP contribution in [0.5, 0.6) is 0 Å². The van der Waals surface area contributed by atoms with Gasteiger partial charge in [-0.3, -0.25) is 0 Å². The van der Waals surface area contributed by atoms with E-state index in [9.17, 15) is 16.8 Å². The van der Waals surface area contributed by atoms with Crippen LogP contribution < -0.4 is 0 Å². The second-order valence-corrected chi connectivity index (χ2v) is 22.9. The first kappa shape index (κ1) is 22.5. The Kier molecular flexibility index (Phi) is 6.58. The number of hydrogen-bond donors (Lipinski definition) is 0. The second-order valence-electron chi connectivity index (χ2n) is 9.77.